The molecule has 0 aliphatic rings. The highest BCUT2D eigenvalue weighted by atomic mass is 32.1. The standard InChI is InChI=1S/C25H24N4O3S/c1-16-27-22(15-33-16)19-7-3-17(4-8-19)11-12-26-25(31)21-14-24(30)29-23(28-21)13-18-5-9-20(32-2)10-6-18/h3-10,14-15H,11-13H2,1-2H3,(H,26,31)(H,28,29,30). The number of benzene rings is 2. The van der Waals surface area contributed by atoms with Gasteiger partial charge in [0.2, 0.25) is 0 Å². The summed E-state index contributed by atoms with van der Waals surface area (Å²) in [4.78, 5) is 36.2. The van der Waals surface area contributed by atoms with Crippen LogP contribution in [0.4, 0.5) is 0 Å². The molecule has 7 nitrogen and oxygen atoms in total. The number of H-pyrrole nitrogens is 1. The summed E-state index contributed by atoms with van der Waals surface area (Å²) in [5, 5.41) is 5.93. The summed E-state index contributed by atoms with van der Waals surface area (Å²) in [7, 11) is 1.61. The number of aryl methyl sites for hydroxylation is 1. The number of aromatic nitrogens is 3. The highest BCUT2D eigenvalue weighted by Gasteiger charge is 2.11. The smallest absolute Gasteiger partial charge is 0.270 e. The van der Waals surface area contributed by atoms with Gasteiger partial charge < -0.3 is 15.0 Å². The molecule has 1 amide bonds. The Balaban J connectivity index is 1.34. The molecule has 8 heteroatoms. The summed E-state index contributed by atoms with van der Waals surface area (Å²) < 4.78 is 5.16. The van der Waals surface area contributed by atoms with Gasteiger partial charge in [0.25, 0.3) is 11.5 Å². The number of aromatic amines is 1. The predicted molar refractivity (Wildman–Crippen MR) is 129 cm³/mol. The Bertz CT molecular complexity index is 1290. The maximum absolute atomic E-state index is 12.6. The molecular weight excluding hydrogens is 436 g/mol. The number of nitrogens with one attached hydrogen (secondary N) is 2. The Morgan fingerprint density at radius 2 is 1.79 bits per heavy atom. The fourth-order valence-electron chi connectivity index (χ4n) is 3.39. The molecule has 4 aromatic rings. The second kappa shape index (κ2) is 10.2. The van der Waals surface area contributed by atoms with Gasteiger partial charge in [-0.15, -0.1) is 11.3 Å². The number of carbonyl (C=O) groups is 1. The van der Waals surface area contributed by atoms with Gasteiger partial charge in [-0.1, -0.05) is 36.4 Å². The van der Waals surface area contributed by atoms with Crippen molar-refractivity contribution in [2.45, 2.75) is 19.8 Å². The van der Waals surface area contributed by atoms with Crippen molar-refractivity contribution in [2.24, 2.45) is 0 Å². The molecule has 0 aliphatic heterocycles. The van der Waals surface area contributed by atoms with E-state index in [1.165, 1.54) is 6.07 Å². The number of hydrogen-bond acceptors (Lipinski definition) is 6. The van der Waals surface area contributed by atoms with Gasteiger partial charge in [-0.2, -0.15) is 0 Å². The van der Waals surface area contributed by atoms with E-state index in [2.05, 4.69) is 20.3 Å². The van der Waals surface area contributed by atoms with Gasteiger partial charge in [-0.25, -0.2) is 9.97 Å². The van der Waals surface area contributed by atoms with Crippen molar-refractivity contribution in [1.29, 1.82) is 0 Å². The molecule has 33 heavy (non-hydrogen) atoms. The first kappa shape index (κ1) is 22.4. The number of amides is 1. The van der Waals surface area contributed by atoms with Gasteiger partial charge in [-0.3, -0.25) is 9.59 Å². The maximum atomic E-state index is 12.6. The Kier molecular flexibility index (Phi) is 6.95. The molecule has 0 spiro atoms. The summed E-state index contributed by atoms with van der Waals surface area (Å²) in [6.45, 7) is 2.43. The fraction of sp³-hybridized carbons (Fsp3) is 0.200. The van der Waals surface area contributed by atoms with Crippen LogP contribution in [0.15, 0.2) is 64.8 Å². The summed E-state index contributed by atoms with van der Waals surface area (Å²) in [6.07, 6.45) is 1.08. The van der Waals surface area contributed by atoms with Gasteiger partial charge in [0, 0.05) is 30.0 Å². The summed E-state index contributed by atoms with van der Waals surface area (Å²) in [6, 6.07) is 16.8. The molecule has 2 aromatic carbocycles. The second-order valence-electron chi connectivity index (χ2n) is 7.56. The van der Waals surface area contributed by atoms with Crippen molar-refractivity contribution in [3.63, 3.8) is 0 Å². The number of thiazole rings is 1. The molecular formula is C25H24N4O3S. The lowest BCUT2D eigenvalue weighted by atomic mass is 10.1. The number of methoxy groups -OCH3 is 1. The fourth-order valence-corrected chi connectivity index (χ4v) is 4.02. The average molecular weight is 461 g/mol. The molecule has 168 valence electrons. The van der Waals surface area contributed by atoms with Crippen LogP contribution in [-0.4, -0.2) is 34.5 Å². The molecule has 0 saturated carbocycles. The molecule has 4 rings (SSSR count). The quantitative estimate of drug-likeness (QED) is 0.417. The van der Waals surface area contributed by atoms with Gasteiger partial charge in [-0.05, 0) is 36.6 Å². The van der Waals surface area contributed by atoms with Crippen molar-refractivity contribution in [1.82, 2.24) is 20.3 Å². The normalized spacial score (nSPS) is 10.7. The lowest BCUT2D eigenvalue weighted by molar-refractivity contribution is 0.0948. The number of nitrogens with zero attached hydrogens (tertiary/aromatic N) is 2. The van der Waals surface area contributed by atoms with Crippen molar-refractivity contribution in [2.75, 3.05) is 13.7 Å². The zero-order valence-corrected chi connectivity index (χ0v) is 19.2. The highest BCUT2D eigenvalue weighted by Crippen LogP contribution is 2.21. The summed E-state index contributed by atoms with van der Waals surface area (Å²) >= 11 is 1.63. The van der Waals surface area contributed by atoms with E-state index in [1.54, 1.807) is 18.4 Å². The highest BCUT2D eigenvalue weighted by molar-refractivity contribution is 7.09. The van der Waals surface area contributed by atoms with Crippen molar-refractivity contribution in [3.05, 3.63) is 98.0 Å². The second-order valence-corrected chi connectivity index (χ2v) is 8.62. The first-order chi connectivity index (χ1) is 16.0. The first-order valence-electron chi connectivity index (χ1n) is 10.5. The number of carbonyl (C=O) groups excluding carboxylic acids is 1. The molecule has 0 fully saturated rings. The zero-order chi connectivity index (χ0) is 23.2. The van der Waals surface area contributed by atoms with Gasteiger partial charge in [0.15, 0.2) is 0 Å². The van der Waals surface area contributed by atoms with Crippen LogP contribution in [0.1, 0.15) is 32.4 Å². The Morgan fingerprint density at radius 1 is 1.06 bits per heavy atom. The minimum absolute atomic E-state index is 0.108. The van der Waals surface area contributed by atoms with Crippen LogP contribution in [-0.2, 0) is 12.8 Å². The Hall–Kier alpha value is -3.78. The Labute approximate surface area is 195 Å². The van der Waals surface area contributed by atoms with Gasteiger partial charge in [0.05, 0.1) is 17.8 Å². The molecule has 0 bridgehead atoms. The van der Waals surface area contributed by atoms with Crippen molar-refractivity contribution >= 4 is 17.2 Å². The molecule has 2 N–H and O–H groups in total. The first-order valence-corrected chi connectivity index (χ1v) is 11.4. The molecule has 0 saturated heterocycles. The summed E-state index contributed by atoms with van der Waals surface area (Å²) in [5.41, 5.74) is 3.85. The number of hydrogen-bond donors (Lipinski definition) is 2. The van der Waals surface area contributed by atoms with Crippen LogP contribution in [0.25, 0.3) is 11.3 Å². The predicted octanol–water partition coefficient (Wildman–Crippen LogP) is 3.77. The molecule has 2 heterocycles. The maximum Gasteiger partial charge on any atom is 0.270 e. The monoisotopic (exact) mass is 460 g/mol. The minimum atomic E-state index is -0.369. The van der Waals surface area contributed by atoms with Crippen LogP contribution in [0.5, 0.6) is 5.75 Å². The molecule has 0 aliphatic carbocycles. The van der Waals surface area contributed by atoms with E-state index < -0.39 is 0 Å². The van der Waals surface area contributed by atoms with Gasteiger partial charge >= 0.3 is 0 Å². The largest absolute Gasteiger partial charge is 0.497 e. The minimum Gasteiger partial charge on any atom is -0.497 e. The third-order valence-electron chi connectivity index (χ3n) is 5.12. The molecule has 2 aromatic heterocycles. The van der Waals surface area contributed by atoms with Crippen LogP contribution < -0.4 is 15.6 Å². The van der Waals surface area contributed by atoms with E-state index in [1.807, 2.05) is 60.8 Å². The van der Waals surface area contributed by atoms with Gasteiger partial charge in [0.1, 0.15) is 17.3 Å². The third-order valence-corrected chi connectivity index (χ3v) is 5.90. The van der Waals surface area contributed by atoms with E-state index in [0.717, 1.165) is 33.1 Å². The van der Waals surface area contributed by atoms with E-state index in [0.29, 0.717) is 25.2 Å². The summed E-state index contributed by atoms with van der Waals surface area (Å²) in [5.74, 6) is 0.818. The van der Waals surface area contributed by atoms with E-state index >= 15 is 0 Å². The topological polar surface area (TPSA) is 97.0 Å². The third kappa shape index (κ3) is 5.93. The van der Waals surface area contributed by atoms with Crippen LogP contribution in [0.3, 0.4) is 0 Å². The van der Waals surface area contributed by atoms with Crippen molar-refractivity contribution < 1.29 is 9.53 Å². The average Bonchev–Trinajstić information content (AvgIpc) is 3.26. The zero-order valence-electron chi connectivity index (χ0n) is 18.4. The number of ether oxygens (including phenoxy) is 1. The SMILES string of the molecule is COc1ccc(Cc2nc(C(=O)NCCc3ccc(-c4csc(C)n4)cc3)cc(=O)[nH]2)cc1. The molecule has 0 unspecified atom stereocenters. The van der Waals surface area contributed by atoms with E-state index in [4.69, 9.17) is 4.74 Å². The van der Waals surface area contributed by atoms with E-state index in [-0.39, 0.29) is 17.2 Å². The van der Waals surface area contributed by atoms with E-state index in [9.17, 15) is 9.59 Å². The Morgan fingerprint density at radius 3 is 2.45 bits per heavy atom. The molecule has 0 atom stereocenters. The number of rotatable bonds is 8. The van der Waals surface area contributed by atoms with Crippen molar-refractivity contribution in [3.8, 4) is 17.0 Å². The lowest BCUT2D eigenvalue weighted by Gasteiger charge is -2.07. The van der Waals surface area contributed by atoms with Crippen LogP contribution in [0, 0.1) is 6.92 Å². The lowest BCUT2D eigenvalue weighted by Crippen LogP contribution is -2.28. The molecule has 0 radical (unpaired) electrons. The van der Waals surface area contributed by atoms with Crippen LogP contribution >= 0.6 is 11.3 Å². The van der Waals surface area contributed by atoms with Crippen LogP contribution in [0.2, 0.25) is 0 Å².